The van der Waals surface area contributed by atoms with Gasteiger partial charge in [-0.25, -0.2) is 4.39 Å². The maximum atomic E-state index is 13.3. The average molecular weight is 264 g/mol. The molecule has 0 fully saturated rings. The van der Waals surface area contributed by atoms with Crippen LogP contribution in [-0.2, 0) is 22.1 Å². The van der Waals surface area contributed by atoms with Crippen molar-refractivity contribution in [1.82, 2.24) is 0 Å². The fourth-order valence-corrected chi connectivity index (χ4v) is 2.38. The van der Waals surface area contributed by atoms with Crippen molar-refractivity contribution in [3.63, 3.8) is 0 Å². The molecule has 2 aromatic rings. The Morgan fingerprint density at radius 1 is 1.00 bits per heavy atom. The highest BCUT2D eigenvalue weighted by Gasteiger charge is 2.08. The van der Waals surface area contributed by atoms with Gasteiger partial charge >= 0.3 is 0 Å². The Morgan fingerprint density at radius 3 is 2.39 bits per heavy atom. The summed E-state index contributed by atoms with van der Waals surface area (Å²) >= 11 is 0. The first-order valence-corrected chi connectivity index (χ1v) is 6.84. The van der Waals surface area contributed by atoms with Crippen molar-refractivity contribution in [2.45, 2.75) is 11.5 Å². The van der Waals surface area contributed by atoms with E-state index in [0.29, 0.717) is 6.61 Å². The summed E-state index contributed by atoms with van der Waals surface area (Å²) in [5.41, 5.74) is 1.00. The van der Waals surface area contributed by atoms with Crippen LogP contribution in [0.5, 0.6) is 0 Å². The number of hydrogen-bond donors (Lipinski definition) is 0. The van der Waals surface area contributed by atoms with E-state index in [1.54, 1.807) is 12.1 Å². The number of ether oxygens (including phenoxy) is 1. The van der Waals surface area contributed by atoms with E-state index in [2.05, 4.69) is 0 Å². The number of hydrogen-bond acceptors (Lipinski definition) is 2. The van der Waals surface area contributed by atoms with E-state index in [1.165, 1.54) is 12.1 Å². The van der Waals surface area contributed by atoms with E-state index in [4.69, 9.17) is 4.74 Å². The van der Waals surface area contributed by atoms with Gasteiger partial charge in [-0.15, -0.1) is 0 Å². The summed E-state index contributed by atoms with van der Waals surface area (Å²) in [6, 6.07) is 15.6. The molecule has 0 N–H and O–H groups in total. The normalized spacial score (nSPS) is 12.3. The average Bonchev–Trinajstić information content (AvgIpc) is 2.40. The molecule has 0 heterocycles. The molecule has 0 bridgehead atoms. The van der Waals surface area contributed by atoms with Crippen LogP contribution in [0.3, 0.4) is 0 Å². The molecule has 2 rings (SSSR count). The standard InChI is InChI=1S/C14H13FO2S/c15-13-8-4-5-9-14(13)18(16)11-17-10-12-6-2-1-3-7-12/h1-9H,10-11H2. The van der Waals surface area contributed by atoms with Gasteiger partial charge in [0.25, 0.3) is 0 Å². The second-order valence-electron chi connectivity index (χ2n) is 3.73. The van der Waals surface area contributed by atoms with Crippen molar-refractivity contribution in [1.29, 1.82) is 0 Å². The second-order valence-corrected chi connectivity index (χ2v) is 5.09. The summed E-state index contributed by atoms with van der Waals surface area (Å²) in [5, 5.41) is 0. The lowest BCUT2D eigenvalue weighted by Crippen LogP contribution is -2.04. The molecule has 18 heavy (non-hydrogen) atoms. The van der Waals surface area contributed by atoms with Gasteiger partial charge in [0.1, 0.15) is 11.8 Å². The van der Waals surface area contributed by atoms with Gasteiger partial charge in [0.2, 0.25) is 0 Å². The first-order valence-electron chi connectivity index (χ1n) is 5.52. The van der Waals surface area contributed by atoms with Crippen molar-refractivity contribution >= 4 is 10.8 Å². The summed E-state index contributed by atoms with van der Waals surface area (Å²) in [5.74, 6) is -0.463. The molecule has 4 heteroatoms. The molecule has 0 aliphatic carbocycles. The smallest absolute Gasteiger partial charge is 0.139 e. The molecule has 0 saturated carbocycles. The number of benzene rings is 2. The zero-order valence-electron chi connectivity index (χ0n) is 9.71. The Labute approximate surface area is 108 Å². The molecule has 0 aliphatic heterocycles. The molecule has 0 saturated heterocycles. The Hall–Kier alpha value is -1.52. The summed E-state index contributed by atoms with van der Waals surface area (Å²) < 4.78 is 30.5. The van der Waals surface area contributed by atoms with Gasteiger partial charge in [-0.05, 0) is 17.7 Å². The summed E-state index contributed by atoms with van der Waals surface area (Å²) in [6.45, 7) is 0.376. The van der Waals surface area contributed by atoms with Crippen LogP contribution in [0.1, 0.15) is 5.56 Å². The minimum Gasteiger partial charge on any atom is -0.363 e. The van der Waals surface area contributed by atoms with Gasteiger partial charge in [0.05, 0.1) is 22.3 Å². The SMILES string of the molecule is O=S(COCc1ccccc1)c1ccccc1F. The molecular weight excluding hydrogens is 251 g/mol. The van der Waals surface area contributed by atoms with Crippen LogP contribution in [0.15, 0.2) is 59.5 Å². The number of halogens is 1. The lowest BCUT2D eigenvalue weighted by atomic mass is 10.2. The fourth-order valence-electron chi connectivity index (χ4n) is 1.50. The predicted octanol–water partition coefficient (Wildman–Crippen LogP) is 3.11. The topological polar surface area (TPSA) is 26.3 Å². The predicted molar refractivity (Wildman–Crippen MR) is 68.9 cm³/mol. The van der Waals surface area contributed by atoms with Crippen molar-refractivity contribution < 1.29 is 13.3 Å². The summed E-state index contributed by atoms with van der Waals surface area (Å²) in [7, 11) is -1.47. The minimum absolute atomic E-state index is 0.00414. The monoisotopic (exact) mass is 264 g/mol. The Kier molecular flexibility index (Phi) is 4.61. The van der Waals surface area contributed by atoms with E-state index >= 15 is 0 Å². The Morgan fingerprint density at radius 2 is 1.67 bits per heavy atom. The van der Waals surface area contributed by atoms with Gasteiger partial charge in [-0.2, -0.15) is 0 Å². The van der Waals surface area contributed by atoms with Crippen molar-refractivity contribution in [2.75, 3.05) is 5.94 Å². The van der Waals surface area contributed by atoms with Crippen LogP contribution in [-0.4, -0.2) is 10.1 Å². The van der Waals surface area contributed by atoms with Crippen LogP contribution in [0.4, 0.5) is 4.39 Å². The van der Waals surface area contributed by atoms with E-state index in [1.807, 2.05) is 30.3 Å². The zero-order chi connectivity index (χ0) is 12.8. The molecule has 2 nitrogen and oxygen atoms in total. The highest BCUT2D eigenvalue weighted by Crippen LogP contribution is 2.12. The molecule has 0 radical (unpaired) electrons. The molecule has 94 valence electrons. The third-order valence-electron chi connectivity index (χ3n) is 2.38. The van der Waals surface area contributed by atoms with E-state index < -0.39 is 16.6 Å². The molecule has 0 aliphatic rings. The maximum absolute atomic E-state index is 13.3. The second kappa shape index (κ2) is 6.42. The molecule has 1 unspecified atom stereocenters. The van der Waals surface area contributed by atoms with Crippen molar-refractivity contribution in [3.05, 3.63) is 66.0 Å². The van der Waals surface area contributed by atoms with Crippen LogP contribution in [0, 0.1) is 5.82 Å². The minimum atomic E-state index is -1.47. The lowest BCUT2D eigenvalue weighted by Gasteiger charge is -2.05. The van der Waals surface area contributed by atoms with Gasteiger partial charge in [0.15, 0.2) is 0 Å². The zero-order valence-corrected chi connectivity index (χ0v) is 10.5. The van der Waals surface area contributed by atoms with Crippen LogP contribution >= 0.6 is 0 Å². The summed E-state index contributed by atoms with van der Waals surface area (Å²) in [4.78, 5) is 0.186. The highest BCUT2D eigenvalue weighted by atomic mass is 32.2. The summed E-state index contributed by atoms with van der Waals surface area (Å²) in [6.07, 6.45) is 0. The third-order valence-corrected chi connectivity index (χ3v) is 3.59. The van der Waals surface area contributed by atoms with Crippen molar-refractivity contribution in [2.24, 2.45) is 0 Å². The number of rotatable bonds is 5. The molecular formula is C14H13FO2S. The largest absolute Gasteiger partial charge is 0.363 e. The lowest BCUT2D eigenvalue weighted by molar-refractivity contribution is 0.166. The third kappa shape index (κ3) is 3.48. The first-order chi connectivity index (χ1) is 8.77. The van der Waals surface area contributed by atoms with Gasteiger partial charge < -0.3 is 4.74 Å². The quantitative estimate of drug-likeness (QED) is 0.829. The Bertz CT molecular complexity index is 528. The van der Waals surface area contributed by atoms with E-state index in [-0.39, 0.29) is 10.8 Å². The first kappa shape index (κ1) is 12.9. The van der Waals surface area contributed by atoms with E-state index in [0.717, 1.165) is 5.56 Å². The van der Waals surface area contributed by atoms with Crippen molar-refractivity contribution in [3.8, 4) is 0 Å². The Balaban J connectivity index is 1.88. The molecule has 0 aromatic heterocycles. The molecule has 0 amide bonds. The van der Waals surface area contributed by atoms with Crippen LogP contribution < -0.4 is 0 Å². The highest BCUT2D eigenvalue weighted by molar-refractivity contribution is 7.84. The fraction of sp³-hybridized carbons (Fsp3) is 0.143. The van der Waals surface area contributed by atoms with Gasteiger partial charge in [0, 0.05) is 0 Å². The van der Waals surface area contributed by atoms with E-state index in [9.17, 15) is 8.60 Å². The van der Waals surface area contributed by atoms with Crippen LogP contribution in [0.2, 0.25) is 0 Å². The van der Waals surface area contributed by atoms with Gasteiger partial charge in [-0.1, -0.05) is 42.5 Å². The molecule has 0 spiro atoms. The van der Waals surface area contributed by atoms with Gasteiger partial charge in [-0.3, -0.25) is 4.21 Å². The molecule has 2 aromatic carbocycles. The van der Waals surface area contributed by atoms with Crippen LogP contribution in [0.25, 0.3) is 0 Å². The maximum Gasteiger partial charge on any atom is 0.139 e. The molecule has 1 atom stereocenters.